The second kappa shape index (κ2) is 12.1. The number of amides is 3. The molecule has 4 rings (SSSR count). The summed E-state index contributed by atoms with van der Waals surface area (Å²) >= 11 is 0. The summed E-state index contributed by atoms with van der Waals surface area (Å²) in [7, 11) is 1.63. The predicted octanol–water partition coefficient (Wildman–Crippen LogP) is 2.45. The Labute approximate surface area is 236 Å². The van der Waals surface area contributed by atoms with Gasteiger partial charge in [0.25, 0.3) is 5.91 Å². The first-order valence-electron chi connectivity index (χ1n) is 14.4. The van der Waals surface area contributed by atoms with Crippen molar-refractivity contribution in [2.45, 2.75) is 84.0 Å². The smallest absolute Gasteiger partial charge is 0.251 e. The lowest BCUT2D eigenvalue weighted by Gasteiger charge is -2.53. The number of carbonyl (C=O) groups excluding carboxylic acids is 3. The van der Waals surface area contributed by atoms with Gasteiger partial charge in [0.2, 0.25) is 11.8 Å². The Kier molecular flexibility index (Phi) is 8.99. The molecule has 0 bridgehead atoms. The van der Waals surface area contributed by atoms with Gasteiger partial charge in [0.1, 0.15) is 11.6 Å². The number of likely N-dealkylation sites (tertiary alicyclic amines) is 1. The Morgan fingerprint density at radius 3 is 2.35 bits per heavy atom. The number of carbonyl (C=O) groups is 3. The molecule has 10 heteroatoms. The fourth-order valence-corrected chi connectivity index (χ4v) is 6.41. The summed E-state index contributed by atoms with van der Waals surface area (Å²) in [5, 5.41) is 23.5. The van der Waals surface area contributed by atoms with Crippen molar-refractivity contribution < 1.29 is 19.5 Å². The second-order valence-electron chi connectivity index (χ2n) is 11.6. The third-order valence-electron chi connectivity index (χ3n) is 8.67. The quantitative estimate of drug-likeness (QED) is 0.378. The maximum absolute atomic E-state index is 13.7. The number of aromatic amines is 1. The summed E-state index contributed by atoms with van der Waals surface area (Å²) in [5.74, 6) is -0.628. The normalized spacial score (nSPS) is 21.0. The Hall–Kier alpha value is -3.24. The van der Waals surface area contributed by atoms with E-state index in [4.69, 9.17) is 0 Å². The summed E-state index contributed by atoms with van der Waals surface area (Å²) in [4.78, 5) is 44.0. The van der Waals surface area contributed by atoms with Crippen LogP contribution in [0.5, 0.6) is 0 Å². The molecule has 1 aromatic heterocycles. The number of benzene rings is 1. The van der Waals surface area contributed by atoms with E-state index in [9.17, 15) is 19.5 Å². The number of unbranched alkanes of at least 4 members (excludes halogenated alkanes) is 1. The number of aliphatic hydroxyl groups is 1. The zero-order valence-electron chi connectivity index (χ0n) is 24.6. The molecule has 3 heterocycles. The minimum Gasteiger partial charge on any atom is -0.390 e. The minimum absolute atomic E-state index is 0.109. The molecule has 3 amide bonds. The molecular formula is C30H44N6O4. The van der Waals surface area contributed by atoms with Crippen LogP contribution in [0.4, 0.5) is 0 Å². The van der Waals surface area contributed by atoms with Crippen LogP contribution in [-0.4, -0.2) is 87.2 Å². The number of H-pyrrole nitrogens is 1. The van der Waals surface area contributed by atoms with Crippen molar-refractivity contribution in [1.29, 1.82) is 0 Å². The first-order chi connectivity index (χ1) is 19.0. The second-order valence-corrected chi connectivity index (χ2v) is 11.6. The number of piperidine rings is 1. The summed E-state index contributed by atoms with van der Waals surface area (Å²) in [5.41, 5.74) is 3.58. The van der Waals surface area contributed by atoms with Crippen LogP contribution in [0.2, 0.25) is 0 Å². The van der Waals surface area contributed by atoms with Gasteiger partial charge in [-0.25, -0.2) is 0 Å². The first-order valence-corrected chi connectivity index (χ1v) is 14.4. The highest BCUT2D eigenvalue weighted by molar-refractivity contribution is 6.00. The predicted molar refractivity (Wildman–Crippen MR) is 153 cm³/mol. The van der Waals surface area contributed by atoms with E-state index in [1.807, 2.05) is 40.1 Å². The molecule has 1 unspecified atom stereocenters. The molecule has 10 nitrogen and oxygen atoms in total. The van der Waals surface area contributed by atoms with E-state index in [1.165, 1.54) is 0 Å². The number of piperazine rings is 1. The third-order valence-corrected chi connectivity index (χ3v) is 8.67. The molecule has 2 aliphatic heterocycles. The van der Waals surface area contributed by atoms with Gasteiger partial charge in [0, 0.05) is 44.0 Å². The highest BCUT2D eigenvalue weighted by Gasteiger charge is 2.55. The molecule has 40 heavy (non-hydrogen) atoms. The Morgan fingerprint density at radius 2 is 1.82 bits per heavy atom. The van der Waals surface area contributed by atoms with Crippen LogP contribution in [0.1, 0.15) is 85.1 Å². The van der Waals surface area contributed by atoms with Crippen LogP contribution >= 0.6 is 0 Å². The molecule has 0 aliphatic carbocycles. The zero-order valence-corrected chi connectivity index (χ0v) is 24.6. The number of hydrogen-bond donors (Lipinski definition) is 4. The van der Waals surface area contributed by atoms with Crippen LogP contribution in [-0.2, 0) is 9.59 Å². The average Bonchev–Trinajstić information content (AvgIpc) is 3.45. The molecule has 3 atom stereocenters. The number of aryl methyl sites for hydroxylation is 2. The summed E-state index contributed by atoms with van der Waals surface area (Å²) < 4.78 is 0. The zero-order chi connectivity index (χ0) is 29.2. The minimum atomic E-state index is -0.939. The monoisotopic (exact) mass is 552 g/mol. The Balaban J connectivity index is 1.65. The van der Waals surface area contributed by atoms with Crippen LogP contribution in [0.3, 0.4) is 0 Å². The molecule has 1 spiro atoms. The van der Waals surface area contributed by atoms with Gasteiger partial charge in [-0.05, 0) is 55.7 Å². The van der Waals surface area contributed by atoms with Crippen molar-refractivity contribution in [2.24, 2.45) is 5.92 Å². The summed E-state index contributed by atoms with van der Waals surface area (Å²) in [6.45, 7) is 11.3. The standard InChI is InChI=1S/C30H44N6O4/c1-7-8-11-36-28(39)24(26(37)18(2)3)34-29(40)30(36)9-12-35(13-10-30)25(22-16-32-33-17-22)21-14-19(4)23(20(5)15-21)27(38)31-6/h14-18,24-26,37H,7-13H2,1-6H3,(H,31,38)(H,32,33)(H,34,40)/t24-,25?,26-/m1/s1. The summed E-state index contributed by atoms with van der Waals surface area (Å²) in [6, 6.07) is 3.06. The van der Waals surface area contributed by atoms with Gasteiger partial charge in [-0.15, -0.1) is 0 Å². The van der Waals surface area contributed by atoms with Crippen molar-refractivity contribution in [3.63, 3.8) is 0 Å². The van der Waals surface area contributed by atoms with Crippen LogP contribution in [0.25, 0.3) is 0 Å². The lowest BCUT2D eigenvalue weighted by Crippen LogP contribution is -2.75. The van der Waals surface area contributed by atoms with E-state index in [1.54, 1.807) is 11.9 Å². The molecule has 2 aromatic rings. The van der Waals surface area contributed by atoms with E-state index in [2.05, 4.69) is 44.8 Å². The van der Waals surface area contributed by atoms with Gasteiger partial charge < -0.3 is 20.6 Å². The molecule has 2 aliphatic rings. The van der Waals surface area contributed by atoms with Gasteiger partial charge in [0.15, 0.2) is 0 Å². The van der Waals surface area contributed by atoms with E-state index in [-0.39, 0.29) is 29.7 Å². The van der Waals surface area contributed by atoms with E-state index in [0.29, 0.717) is 38.0 Å². The van der Waals surface area contributed by atoms with E-state index in [0.717, 1.165) is 35.1 Å². The largest absolute Gasteiger partial charge is 0.390 e. The molecule has 4 N–H and O–H groups in total. The molecule has 2 saturated heterocycles. The maximum atomic E-state index is 13.7. The fourth-order valence-electron chi connectivity index (χ4n) is 6.41. The topological polar surface area (TPSA) is 131 Å². The maximum Gasteiger partial charge on any atom is 0.251 e. The molecular weight excluding hydrogens is 508 g/mol. The molecule has 1 aromatic carbocycles. The highest BCUT2D eigenvalue weighted by Crippen LogP contribution is 2.39. The lowest BCUT2D eigenvalue weighted by molar-refractivity contribution is -0.165. The first kappa shape index (κ1) is 29.7. The molecule has 0 radical (unpaired) electrons. The number of aromatic nitrogens is 2. The van der Waals surface area contributed by atoms with Gasteiger partial charge in [-0.2, -0.15) is 5.10 Å². The lowest BCUT2D eigenvalue weighted by atomic mass is 9.79. The van der Waals surface area contributed by atoms with Gasteiger partial charge in [-0.1, -0.05) is 39.3 Å². The number of hydrogen-bond acceptors (Lipinski definition) is 6. The van der Waals surface area contributed by atoms with Crippen LogP contribution < -0.4 is 10.6 Å². The third kappa shape index (κ3) is 5.39. The highest BCUT2D eigenvalue weighted by atomic mass is 16.3. The Bertz CT molecular complexity index is 1200. The molecule has 218 valence electrons. The van der Waals surface area contributed by atoms with Crippen molar-refractivity contribution in [3.8, 4) is 0 Å². The van der Waals surface area contributed by atoms with E-state index < -0.39 is 17.7 Å². The van der Waals surface area contributed by atoms with Gasteiger partial charge >= 0.3 is 0 Å². The van der Waals surface area contributed by atoms with Crippen LogP contribution in [0, 0.1) is 19.8 Å². The average molecular weight is 553 g/mol. The van der Waals surface area contributed by atoms with Crippen molar-refractivity contribution in [2.75, 3.05) is 26.7 Å². The SMILES string of the molecule is CCCCN1C(=O)[C@@H]([C@H](O)C(C)C)NC(=O)C12CCN(C(c1cn[nH]c1)c1cc(C)c(C(=O)NC)c(C)c1)CC2. The van der Waals surface area contributed by atoms with E-state index >= 15 is 0 Å². The van der Waals surface area contributed by atoms with Gasteiger partial charge in [0.05, 0.1) is 18.3 Å². The Morgan fingerprint density at radius 1 is 1.18 bits per heavy atom. The number of nitrogens with one attached hydrogen (secondary N) is 3. The fraction of sp³-hybridized carbons (Fsp3) is 0.600. The number of aliphatic hydroxyl groups excluding tert-OH is 1. The van der Waals surface area contributed by atoms with Crippen molar-refractivity contribution in [1.82, 2.24) is 30.6 Å². The molecule has 0 saturated carbocycles. The van der Waals surface area contributed by atoms with Crippen LogP contribution in [0.15, 0.2) is 24.5 Å². The summed E-state index contributed by atoms with van der Waals surface area (Å²) in [6.07, 6.45) is 5.43. The number of rotatable bonds is 9. The molecule has 2 fully saturated rings. The van der Waals surface area contributed by atoms with Crippen molar-refractivity contribution >= 4 is 17.7 Å². The van der Waals surface area contributed by atoms with Gasteiger partial charge in [-0.3, -0.25) is 24.4 Å². The van der Waals surface area contributed by atoms with Crippen molar-refractivity contribution in [3.05, 3.63) is 52.3 Å². The number of nitrogens with zero attached hydrogens (tertiary/aromatic N) is 3.